The smallest absolute Gasteiger partial charge is 0.180 e. The molecule has 1 unspecified atom stereocenters. The molecule has 3 rings (SSSR count). The van der Waals surface area contributed by atoms with Gasteiger partial charge < -0.3 is 11.1 Å². The Balaban J connectivity index is 1.88. The summed E-state index contributed by atoms with van der Waals surface area (Å²) in [4.78, 5) is 5.75. The summed E-state index contributed by atoms with van der Waals surface area (Å²) in [6.45, 7) is 0.988. The van der Waals surface area contributed by atoms with Crippen molar-refractivity contribution in [2.24, 2.45) is 0 Å². The topological polar surface area (TPSA) is 50.9 Å². The molecule has 0 saturated carbocycles. The lowest BCUT2D eigenvalue weighted by atomic mass is 10.0. The predicted octanol–water partition coefficient (Wildman–Crippen LogP) is 3.36. The highest BCUT2D eigenvalue weighted by atomic mass is 127. The number of halogens is 2. The SMILES string of the molecule is Nc1nc2c(s1)C(Cc1cc(I)cc(I)c1)NCC2. The number of fused-ring (bicyclic) bond motifs is 1. The third-order valence-electron chi connectivity index (χ3n) is 3.18. The molecule has 0 aliphatic carbocycles. The Hall–Kier alpha value is 0.0700. The van der Waals surface area contributed by atoms with Crippen molar-refractivity contribution >= 4 is 61.7 Å². The molecule has 1 aromatic carbocycles. The Labute approximate surface area is 143 Å². The zero-order valence-corrected chi connectivity index (χ0v) is 15.3. The van der Waals surface area contributed by atoms with Crippen LogP contribution < -0.4 is 11.1 Å². The highest BCUT2D eigenvalue weighted by Gasteiger charge is 2.23. The number of nitrogens with zero attached hydrogens (tertiary/aromatic N) is 1. The molecule has 100 valence electrons. The van der Waals surface area contributed by atoms with Gasteiger partial charge in [-0.15, -0.1) is 11.3 Å². The van der Waals surface area contributed by atoms with Gasteiger partial charge in [0, 0.05) is 31.0 Å². The van der Waals surface area contributed by atoms with Crippen LogP contribution in [0.5, 0.6) is 0 Å². The van der Waals surface area contributed by atoms with Gasteiger partial charge in [0.25, 0.3) is 0 Å². The number of nitrogens with two attached hydrogens (primary N) is 1. The van der Waals surface area contributed by atoms with E-state index in [0.29, 0.717) is 11.2 Å². The molecule has 19 heavy (non-hydrogen) atoms. The van der Waals surface area contributed by atoms with Crippen LogP contribution >= 0.6 is 56.5 Å². The first-order valence-corrected chi connectivity index (χ1v) is 9.02. The molecule has 6 heteroatoms. The van der Waals surface area contributed by atoms with Crippen LogP contribution in [0, 0.1) is 7.14 Å². The lowest BCUT2D eigenvalue weighted by molar-refractivity contribution is 0.507. The largest absolute Gasteiger partial charge is 0.375 e. The van der Waals surface area contributed by atoms with Crippen molar-refractivity contribution in [2.75, 3.05) is 12.3 Å². The average molecular weight is 497 g/mol. The first-order chi connectivity index (χ1) is 9.11. The number of anilines is 1. The van der Waals surface area contributed by atoms with Gasteiger partial charge in [-0.2, -0.15) is 0 Å². The monoisotopic (exact) mass is 497 g/mol. The summed E-state index contributed by atoms with van der Waals surface area (Å²) in [5.41, 5.74) is 8.40. The number of benzene rings is 1. The second-order valence-electron chi connectivity index (χ2n) is 4.60. The number of hydrogen-bond acceptors (Lipinski definition) is 4. The minimum atomic E-state index is 0.354. The van der Waals surface area contributed by atoms with Crippen LogP contribution in [0.25, 0.3) is 0 Å². The fourth-order valence-corrected chi connectivity index (χ4v) is 5.44. The van der Waals surface area contributed by atoms with Crippen molar-refractivity contribution in [3.8, 4) is 0 Å². The van der Waals surface area contributed by atoms with Crippen LogP contribution in [0.4, 0.5) is 5.13 Å². The fraction of sp³-hybridized carbons (Fsp3) is 0.308. The van der Waals surface area contributed by atoms with E-state index in [1.54, 1.807) is 11.3 Å². The van der Waals surface area contributed by atoms with Gasteiger partial charge in [0.2, 0.25) is 0 Å². The first-order valence-electron chi connectivity index (χ1n) is 6.05. The van der Waals surface area contributed by atoms with Gasteiger partial charge in [-0.1, -0.05) is 0 Å². The molecule has 0 fully saturated rings. The van der Waals surface area contributed by atoms with Crippen molar-refractivity contribution in [1.29, 1.82) is 0 Å². The van der Waals surface area contributed by atoms with Crippen molar-refractivity contribution in [2.45, 2.75) is 18.9 Å². The summed E-state index contributed by atoms with van der Waals surface area (Å²) in [5, 5.41) is 4.28. The minimum Gasteiger partial charge on any atom is -0.375 e. The van der Waals surface area contributed by atoms with E-state index in [1.807, 2.05) is 0 Å². The Morgan fingerprint density at radius 1 is 1.32 bits per heavy atom. The van der Waals surface area contributed by atoms with Gasteiger partial charge in [-0.3, -0.25) is 0 Å². The number of nitrogens with one attached hydrogen (secondary N) is 1. The maximum Gasteiger partial charge on any atom is 0.180 e. The number of aromatic nitrogens is 1. The molecular formula is C13H13I2N3S. The summed E-state index contributed by atoms with van der Waals surface area (Å²) >= 11 is 6.38. The summed E-state index contributed by atoms with van der Waals surface area (Å²) in [6, 6.07) is 7.05. The van der Waals surface area contributed by atoms with Gasteiger partial charge in [-0.25, -0.2) is 4.98 Å². The molecule has 0 bridgehead atoms. The van der Waals surface area contributed by atoms with Crippen LogP contribution in [0.15, 0.2) is 18.2 Å². The molecule has 3 nitrogen and oxygen atoms in total. The highest BCUT2D eigenvalue weighted by molar-refractivity contribution is 14.1. The molecule has 1 atom stereocenters. The van der Waals surface area contributed by atoms with Crippen LogP contribution in [0.3, 0.4) is 0 Å². The van der Waals surface area contributed by atoms with Gasteiger partial charge in [0.15, 0.2) is 5.13 Å². The Bertz CT molecular complexity index is 592. The summed E-state index contributed by atoms with van der Waals surface area (Å²) in [5.74, 6) is 0. The standard InChI is InChI=1S/C13H13I2N3S/c14-8-3-7(4-9(15)6-8)5-11-12-10(1-2-17-11)18-13(16)19-12/h3-4,6,11,17H,1-2,5H2,(H2,16,18). The Morgan fingerprint density at radius 2 is 2.05 bits per heavy atom. The molecule has 1 aliphatic rings. The normalized spacial score (nSPS) is 18.3. The van der Waals surface area contributed by atoms with Crippen molar-refractivity contribution < 1.29 is 0 Å². The van der Waals surface area contributed by atoms with Crippen molar-refractivity contribution in [3.05, 3.63) is 41.5 Å². The summed E-state index contributed by atoms with van der Waals surface area (Å²) < 4.78 is 2.58. The van der Waals surface area contributed by atoms with E-state index >= 15 is 0 Å². The fourth-order valence-electron chi connectivity index (χ4n) is 2.42. The second-order valence-corrected chi connectivity index (χ2v) is 8.16. The molecule has 2 heterocycles. The highest BCUT2D eigenvalue weighted by Crippen LogP contribution is 2.32. The molecule has 1 aromatic heterocycles. The van der Waals surface area contributed by atoms with Gasteiger partial charge >= 0.3 is 0 Å². The van der Waals surface area contributed by atoms with E-state index in [0.717, 1.165) is 19.4 Å². The lowest BCUT2D eigenvalue weighted by Gasteiger charge is -2.23. The Kier molecular flexibility index (Phi) is 4.30. The summed E-state index contributed by atoms with van der Waals surface area (Å²) in [7, 11) is 0. The predicted molar refractivity (Wildman–Crippen MR) is 96.6 cm³/mol. The van der Waals surface area contributed by atoms with Crippen molar-refractivity contribution in [3.63, 3.8) is 0 Å². The van der Waals surface area contributed by atoms with Crippen molar-refractivity contribution in [1.82, 2.24) is 10.3 Å². The molecule has 2 aromatic rings. The minimum absolute atomic E-state index is 0.354. The third kappa shape index (κ3) is 3.22. The number of thiazole rings is 1. The van der Waals surface area contributed by atoms with Gasteiger partial charge in [0.05, 0.1) is 5.69 Å². The first kappa shape index (κ1) is 14.0. The van der Waals surface area contributed by atoms with E-state index in [1.165, 1.54) is 23.3 Å². The van der Waals surface area contributed by atoms with Crippen LogP contribution in [0.2, 0.25) is 0 Å². The van der Waals surface area contributed by atoms with E-state index in [2.05, 4.69) is 73.7 Å². The van der Waals surface area contributed by atoms with Crippen LogP contribution in [-0.4, -0.2) is 11.5 Å². The van der Waals surface area contributed by atoms with E-state index in [-0.39, 0.29) is 0 Å². The molecule has 0 saturated heterocycles. The van der Waals surface area contributed by atoms with E-state index in [4.69, 9.17) is 5.73 Å². The molecule has 0 spiro atoms. The Morgan fingerprint density at radius 3 is 2.79 bits per heavy atom. The quantitative estimate of drug-likeness (QED) is 0.627. The van der Waals surface area contributed by atoms with E-state index in [9.17, 15) is 0 Å². The summed E-state index contributed by atoms with van der Waals surface area (Å²) in [6.07, 6.45) is 1.99. The number of rotatable bonds is 2. The maximum atomic E-state index is 5.84. The molecular weight excluding hydrogens is 484 g/mol. The third-order valence-corrected chi connectivity index (χ3v) is 5.46. The number of hydrogen-bond donors (Lipinski definition) is 2. The lowest BCUT2D eigenvalue weighted by Crippen LogP contribution is -2.30. The van der Waals surface area contributed by atoms with Crippen LogP contribution in [-0.2, 0) is 12.8 Å². The van der Waals surface area contributed by atoms with Gasteiger partial charge in [0.1, 0.15) is 0 Å². The van der Waals surface area contributed by atoms with Crippen LogP contribution in [0.1, 0.15) is 22.2 Å². The zero-order chi connectivity index (χ0) is 13.4. The zero-order valence-electron chi connectivity index (χ0n) is 10.1. The average Bonchev–Trinajstić information content (AvgIpc) is 2.69. The molecule has 0 radical (unpaired) electrons. The molecule has 1 aliphatic heterocycles. The second kappa shape index (κ2) is 5.82. The molecule has 0 amide bonds. The number of nitrogen functional groups attached to an aromatic ring is 1. The van der Waals surface area contributed by atoms with Gasteiger partial charge in [-0.05, 0) is 75.4 Å². The molecule has 3 N–H and O–H groups in total. The van der Waals surface area contributed by atoms with E-state index < -0.39 is 0 Å². The maximum absolute atomic E-state index is 5.84.